The first-order valence-corrected chi connectivity index (χ1v) is 4.04. The molecule has 0 heteroatoms. The smallest absolute Gasteiger partial charge is 0.0191 e. The van der Waals surface area contributed by atoms with E-state index in [-0.39, 0.29) is 0 Å². The summed E-state index contributed by atoms with van der Waals surface area (Å²) in [5.74, 6) is 0. The Morgan fingerprint density at radius 2 is 1.75 bits per heavy atom. The first kappa shape index (κ1) is 10.7. The lowest BCUT2D eigenvalue weighted by Crippen LogP contribution is -1.80. The van der Waals surface area contributed by atoms with Gasteiger partial charge in [-0.05, 0) is 25.0 Å². The van der Waals surface area contributed by atoms with Crippen molar-refractivity contribution >= 4 is 0 Å². The molecule has 0 saturated heterocycles. The van der Waals surface area contributed by atoms with Gasteiger partial charge in [0, 0.05) is 0 Å². The van der Waals surface area contributed by atoms with Crippen LogP contribution in [-0.2, 0) is 0 Å². The summed E-state index contributed by atoms with van der Waals surface area (Å²) in [7, 11) is 0. The molecule has 0 amide bonds. The van der Waals surface area contributed by atoms with E-state index in [1.807, 2.05) is 44.2 Å². The highest BCUT2D eigenvalue weighted by Crippen LogP contribution is 2.12. The standard InChI is InChI=1S/C12H16/c1-5-9-12(10-6-2)11(7-3)8-4/h5-10H,1,3H2,2,4H3/b10-6-,11-8+,12-9+. The van der Waals surface area contributed by atoms with Crippen molar-refractivity contribution in [3.05, 3.63) is 60.8 Å². The first-order valence-electron chi connectivity index (χ1n) is 4.04. The van der Waals surface area contributed by atoms with Crippen LogP contribution in [-0.4, -0.2) is 0 Å². The quantitative estimate of drug-likeness (QED) is 0.549. The number of rotatable bonds is 4. The second kappa shape index (κ2) is 6.41. The van der Waals surface area contributed by atoms with Crippen molar-refractivity contribution in [1.29, 1.82) is 0 Å². The van der Waals surface area contributed by atoms with Gasteiger partial charge >= 0.3 is 0 Å². The third-order valence-corrected chi connectivity index (χ3v) is 1.51. The highest BCUT2D eigenvalue weighted by Gasteiger charge is 1.92. The Hall–Kier alpha value is -1.30. The monoisotopic (exact) mass is 160 g/mol. The average molecular weight is 160 g/mol. The average Bonchev–Trinajstić information content (AvgIpc) is 2.07. The van der Waals surface area contributed by atoms with Gasteiger partial charge in [-0.2, -0.15) is 0 Å². The Morgan fingerprint density at radius 3 is 2.08 bits per heavy atom. The molecule has 0 aliphatic heterocycles. The second-order valence-corrected chi connectivity index (χ2v) is 2.31. The summed E-state index contributed by atoms with van der Waals surface area (Å²) in [5.41, 5.74) is 2.28. The largest absolute Gasteiger partial charge is 0.0990 e. The van der Waals surface area contributed by atoms with E-state index in [4.69, 9.17) is 0 Å². The normalized spacial score (nSPS) is 13.5. The van der Waals surface area contributed by atoms with Crippen molar-refractivity contribution in [2.24, 2.45) is 0 Å². The van der Waals surface area contributed by atoms with E-state index in [0.717, 1.165) is 11.1 Å². The molecule has 0 unspecified atom stereocenters. The molecule has 0 nitrogen and oxygen atoms in total. The van der Waals surface area contributed by atoms with Gasteiger partial charge in [-0.1, -0.05) is 49.6 Å². The van der Waals surface area contributed by atoms with Crippen LogP contribution in [0.25, 0.3) is 0 Å². The first-order chi connectivity index (χ1) is 5.79. The van der Waals surface area contributed by atoms with Gasteiger partial charge in [0.15, 0.2) is 0 Å². The SMILES string of the molecule is C=C/C=C(\C=C/C)C(/C=C)=C/C. The van der Waals surface area contributed by atoms with E-state index in [2.05, 4.69) is 13.2 Å². The van der Waals surface area contributed by atoms with Crippen LogP contribution < -0.4 is 0 Å². The third-order valence-electron chi connectivity index (χ3n) is 1.51. The predicted molar refractivity (Wildman–Crippen MR) is 57.0 cm³/mol. The lowest BCUT2D eigenvalue weighted by atomic mass is 10.1. The van der Waals surface area contributed by atoms with Crippen LogP contribution in [0.3, 0.4) is 0 Å². The molecule has 0 heterocycles. The predicted octanol–water partition coefficient (Wildman–Crippen LogP) is 3.81. The fourth-order valence-corrected chi connectivity index (χ4v) is 0.957. The van der Waals surface area contributed by atoms with Crippen LogP contribution in [0.15, 0.2) is 60.8 Å². The minimum absolute atomic E-state index is 1.13. The van der Waals surface area contributed by atoms with Crippen molar-refractivity contribution in [3.63, 3.8) is 0 Å². The molecule has 0 aliphatic rings. The molecule has 0 aliphatic carbocycles. The van der Waals surface area contributed by atoms with Crippen LogP contribution in [0.1, 0.15) is 13.8 Å². The summed E-state index contributed by atoms with van der Waals surface area (Å²) in [6.07, 6.45) is 11.7. The van der Waals surface area contributed by atoms with Gasteiger partial charge in [-0.25, -0.2) is 0 Å². The molecule has 0 fully saturated rings. The Bertz CT molecular complexity index is 237. The summed E-state index contributed by atoms with van der Waals surface area (Å²) < 4.78 is 0. The van der Waals surface area contributed by atoms with Crippen LogP contribution in [0.5, 0.6) is 0 Å². The number of hydrogen-bond acceptors (Lipinski definition) is 0. The molecule has 0 saturated carbocycles. The zero-order chi connectivity index (χ0) is 9.40. The Morgan fingerprint density at radius 1 is 1.08 bits per heavy atom. The van der Waals surface area contributed by atoms with Gasteiger partial charge in [-0.15, -0.1) is 0 Å². The molecule has 0 N–H and O–H groups in total. The van der Waals surface area contributed by atoms with E-state index < -0.39 is 0 Å². The van der Waals surface area contributed by atoms with Gasteiger partial charge in [0.05, 0.1) is 0 Å². The van der Waals surface area contributed by atoms with E-state index in [0.29, 0.717) is 0 Å². The minimum Gasteiger partial charge on any atom is -0.0990 e. The Labute approximate surface area is 75.3 Å². The molecular formula is C12H16. The van der Waals surface area contributed by atoms with Crippen LogP contribution >= 0.6 is 0 Å². The maximum atomic E-state index is 3.74. The van der Waals surface area contributed by atoms with Crippen molar-refractivity contribution in [2.45, 2.75) is 13.8 Å². The molecule has 64 valence electrons. The highest BCUT2D eigenvalue weighted by molar-refractivity contribution is 5.46. The topological polar surface area (TPSA) is 0 Å². The maximum absolute atomic E-state index is 3.74. The van der Waals surface area contributed by atoms with Gasteiger partial charge in [0.2, 0.25) is 0 Å². The zero-order valence-electron chi connectivity index (χ0n) is 7.88. The van der Waals surface area contributed by atoms with Gasteiger partial charge in [-0.3, -0.25) is 0 Å². The van der Waals surface area contributed by atoms with Gasteiger partial charge in [0.25, 0.3) is 0 Å². The minimum atomic E-state index is 1.13. The van der Waals surface area contributed by atoms with Crippen molar-refractivity contribution in [1.82, 2.24) is 0 Å². The van der Waals surface area contributed by atoms with Crippen LogP contribution in [0.4, 0.5) is 0 Å². The van der Waals surface area contributed by atoms with Gasteiger partial charge < -0.3 is 0 Å². The Kier molecular flexibility index (Phi) is 5.72. The maximum Gasteiger partial charge on any atom is -0.0191 e. The van der Waals surface area contributed by atoms with E-state index in [9.17, 15) is 0 Å². The summed E-state index contributed by atoms with van der Waals surface area (Å²) in [6, 6.07) is 0. The summed E-state index contributed by atoms with van der Waals surface area (Å²) in [4.78, 5) is 0. The molecule has 0 spiro atoms. The molecule has 0 radical (unpaired) electrons. The molecule has 0 rings (SSSR count). The van der Waals surface area contributed by atoms with E-state index >= 15 is 0 Å². The lowest BCUT2D eigenvalue weighted by molar-refractivity contribution is 1.49. The third kappa shape index (κ3) is 3.20. The van der Waals surface area contributed by atoms with E-state index in [1.54, 1.807) is 6.08 Å². The molecule has 0 aromatic carbocycles. The fraction of sp³-hybridized carbons (Fsp3) is 0.167. The molecule has 0 atom stereocenters. The van der Waals surface area contributed by atoms with Crippen molar-refractivity contribution in [3.8, 4) is 0 Å². The second-order valence-electron chi connectivity index (χ2n) is 2.31. The lowest BCUT2D eigenvalue weighted by Gasteiger charge is -2.00. The Balaban J connectivity index is 4.84. The molecule has 0 aromatic heterocycles. The van der Waals surface area contributed by atoms with Crippen molar-refractivity contribution in [2.75, 3.05) is 0 Å². The summed E-state index contributed by atoms with van der Waals surface area (Å²) >= 11 is 0. The van der Waals surface area contributed by atoms with E-state index in [1.165, 1.54) is 0 Å². The zero-order valence-corrected chi connectivity index (χ0v) is 7.88. The molecule has 12 heavy (non-hydrogen) atoms. The van der Waals surface area contributed by atoms with Crippen molar-refractivity contribution < 1.29 is 0 Å². The fourth-order valence-electron chi connectivity index (χ4n) is 0.957. The van der Waals surface area contributed by atoms with Crippen LogP contribution in [0, 0.1) is 0 Å². The molecule has 0 aromatic rings. The van der Waals surface area contributed by atoms with Gasteiger partial charge in [0.1, 0.15) is 0 Å². The highest BCUT2D eigenvalue weighted by atomic mass is 14.0. The summed E-state index contributed by atoms with van der Waals surface area (Å²) in [5, 5.41) is 0. The number of allylic oxidation sites excluding steroid dienone is 8. The molecule has 0 bridgehead atoms. The number of hydrogen-bond donors (Lipinski definition) is 0. The summed E-state index contributed by atoms with van der Waals surface area (Å²) in [6.45, 7) is 11.4. The van der Waals surface area contributed by atoms with Crippen LogP contribution in [0.2, 0.25) is 0 Å². The molecular weight excluding hydrogens is 144 g/mol.